The Morgan fingerprint density at radius 1 is 1.36 bits per heavy atom. The number of anilines is 1. The summed E-state index contributed by atoms with van der Waals surface area (Å²) in [6.45, 7) is 12.7. The van der Waals surface area contributed by atoms with Crippen LogP contribution in [0, 0.1) is 18.3 Å². The highest BCUT2D eigenvalue weighted by Gasteiger charge is 2.57. The fraction of sp³-hybridized carbons (Fsp3) is 0.611. The van der Waals surface area contributed by atoms with E-state index >= 15 is 0 Å². The Morgan fingerprint density at radius 3 is 2.50 bits per heavy atom. The highest BCUT2D eigenvalue weighted by molar-refractivity contribution is 5.86. The summed E-state index contributed by atoms with van der Waals surface area (Å²) in [7, 11) is 0. The van der Waals surface area contributed by atoms with Crippen LogP contribution < -0.4 is 11.1 Å². The number of carbonyl (C=O) groups excluding carboxylic acids is 1. The number of nitrogens with one attached hydrogen (secondary N) is 1. The molecule has 0 spiro atoms. The third-order valence-corrected chi connectivity index (χ3v) is 4.56. The quantitative estimate of drug-likeness (QED) is 0.885. The summed E-state index contributed by atoms with van der Waals surface area (Å²) in [5, 5.41) is 2.86. The summed E-state index contributed by atoms with van der Waals surface area (Å²) in [5.74, 6) is 0.960. The Bertz CT molecular complexity index is 573. The normalized spacial score (nSPS) is 23.0. The highest BCUT2D eigenvalue weighted by Crippen LogP contribution is 2.64. The largest absolute Gasteiger partial charge is 0.444 e. The first-order chi connectivity index (χ1) is 10.1. The molecule has 1 fully saturated rings. The van der Waals surface area contributed by atoms with E-state index in [1.54, 1.807) is 0 Å². The number of amides is 1. The van der Waals surface area contributed by atoms with Crippen LogP contribution in [0.4, 0.5) is 10.5 Å². The van der Waals surface area contributed by atoms with Gasteiger partial charge in [0, 0.05) is 5.69 Å². The minimum absolute atomic E-state index is 0.229. The first-order valence-electron chi connectivity index (χ1n) is 7.87. The maximum atomic E-state index is 12.0. The summed E-state index contributed by atoms with van der Waals surface area (Å²) in [5.41, 5.74) is 8.66. The van der Waals surface area contributed by atoms with Crippen molar-refractivity contribution in [3.63, 3.8) is 0 Å². The van der Waals surface area contributed by atoms with Gasteiger partial charge in [0.25, 0.3) is 0 Å². The molecule has 0 radical (unpaired) electrons. The minimum Gasteiger partial charge on any atom is -0.444 e. The molecule has 1 saturated carbocycles. The molecule has 0 unspecified atom stereocenters. The Labute approximate surface area is 133 Å². The number of ether oxygens (including phenoxy) is 1. The molecule has 4 nitrogen and oxygen atoms in total. The standard InChI is InChI=1S/C18H28N2O2/c1-11-7-8-12(15-13(10-19)18(15,5)6)9-14(11)20-16(21)22-17(2,3)4/h7-9,13,15H,10,19H2,1-6H3,(H,20,21)/t13-,15-/m1/s1. The molecule has 1 aliphatic rings. The van der Waals surface area contributed by atoms with Crippen LogP contribution in [-0.4, -0.2) is 18.2 Å². The van der Waals surface area contributed by atoms with Gasteiger partial charge < -0.3 is 10.5 Å². The zero-order valence-electron chi connectivity index (χ0n) is 14.5. The summed E-state index contributed by atoms with van der Waals surface area (Å²) in [4.78, 5) is 12.0. The predicted molar refractivity (Wildman–Crippen MR) is 90.1 cm³/mol. The molecule has 1 aromatic carbocycles. The smallest absolute Gasteiger partial charge is 0.412 e. The van der Waals surface area contributed by atoms with Crippen LogP contribution in [0.2, 0.25) is 0 Å². The van der Waals surface area contributed by atoms with Gasteiger partial charge in [0.05, 0.1) is 0 Å². The first kappa shape index (κ1) is 16.8. The third-order valence-electron chi connectivity index (χ3n) is 4.56. The zero-order chi connectivity index (χ0) is 16.7. The molecule has 0 aliphatic heterocycles. The molecule has 1 aliphatic carbocycles. The molecule has 22 heavy (non-hydrogen) atoms. The number of hydrogen-bond acceptors (Lipinski definition) is 3. The third kappa shape index (κ3) is 3.43. The van der Waals surface area contributed by atoms with E-state index in [0.717, 1.165) is 11.3 Å². The molecule has 0 heterocycles. The van der Waals surface area contributed by atoms with Crippen molar-refractivity contribution in [2.45, 2.75) is 53.1 Å². The van der Waals surface area contributed by atoms with Crippen LogP contribution in [0.5, 0.6) is 0 Å². The molecule has 3 N–H and O–H groups in total. The van der Waals surface area contributed by atoms with Gasteiger partial charge in [-0.05, 0) is 68.7 Å². The van der Waals surface area contributed by atoms with E-state index in [2.05, 4.69) is 31.3 Å². The number of benzene rings is 1. The van der Waals surface area contributed by atoms with Gasteiger partial charge in [0.15, 0.2) is 0 Å². The highest BCUT2D eigenvalue weighted by atomic mass is 16.6. The lowest BCUT2D eigenvalue weighted by atomic mass is 10.0. The maximum Gasteiger partial charge on any atom is 0.412 e. The van der Waals surface area contributed by atoms with Gasteiger partial charge in [-0.2, -0.15) is 0 Å². The molecule has 2 rings (SSSR count). The average molecular weight is 304 g/mol. The summed E-state index contributed by atoms with van der Waals surface area (Å²) < 4.78 is 5.33. The Kier molecular flexibility index (Phi) is 4.26. The van der Waals surface area contributed by atoms with Gasteiger partial charge in [-0.1, -0.05) is 26.0 Å². The lowest BCUT2D eigenvalue weighted by Gasteiger charge is -2.20. The Morgan fingerprint density at radius 2 is 2.00 bits per heavy atom. The van der Waals surface area contributed by atoms with Crippen LogP contribution in [0.1, 0.15) is 51.7 Å². The van der Waals surface area contributed by atoms with Gasteiger partial charge in [0.1, 0.15) is 5.60 Å². The van der Waals surface area contributed by atoms with Crippen molar-refractivity contribution in [2.24, 2.45) is 17.1 Å². The number of aryl methyl sites for hydroxylation is 1. The monoisotopic (exact) mass is 304 g/mol. The molecule has 0 saturated heterocycles. The topological polar surface area (TPSA) is 64.3 Å². The van der Waals surface area contributed by atoms with Gasteiger partial charge >= 0.3 is 6.09 Å². The molecule has 0 bridgehead atoms. The fourth-order valence-electron chi connectivity index (χ4n) is 3.23. The first-order valence-corrected chi connectivity index (χ1v) is 7.87. The second-order valence-corrected chi connectivity index (χ2v) is 7.84. The maximum absolute atomic E-state index is 12.0. The van der Waals surface area contributed by atoms with Crippen LogP contribution in [-0.2, 0) is 4.74 Å². The fourth-order valence-corrected chi connectivity index (χ4v) is 3.23. The summed E-state index contributed by atoms with van der Waals surface area (Å²) in [6.07, 6.45) is -0.418. The van der Waals surface area contributed by atoms with Crippen molar-refractivity contribution in [1.82, 2.24) is 0 Å². The van der Waals surface area contributed by atoms with Gasteiger partial charge in [-0.3, -0.25) is 5.32 Å². The molecular formula is C18H28N2O2. The van der Waals surface area contributed by atoms with E-state index < -0.39 is 11.7 Å². The van der Waals surface area contributed by atoms with Crippen molar-refractivity contribution < 1.29 is 9.53 Å². The number of rotatable bonds is 3. The number of carbonyl (C=O) groups is 1. The average Bonchev–Trinajstić information content (AvgIpc) is 2.91. The van der Waals surface area contributed by atoms with Crippen molar-refractivity contribution in [3.8, 4) is 0 Å². The van der Waals surface area contributed by atoms with E-state index in [0.29, 0.717) is 18.4 Å². The second kappa shape index (κ2) is 5.58. The summed E-state index contributed by atoms with van der Waals surface area (Å²) in [6, 6.07) is 6.24. The number of hydrogen-bond donors (Lipinski definition) is 2. The van der Waals surface area contributed by atoms with Crippen LogP contribution in [0.3, 0.4) is 0 Å². The molecular weight excluding hydrogens is 276 g/mol. The Balaban J connectivity index is 2.17. The van der Waals surface area contributed by atoms with Gasteiger partial charge in [-0.25, -0.2) is 4.79 Å². The molecule has 1 amide bonds. The van der Waals surface area contributed by atoms with Crippen molar-refractivity contribution >= 4 is 11.8 Å². The number of nitrogens with two attached hydrogens (primary N) is 1. The van der Waals surface area contributed by atoms with Crippen molar-refractivity contribution in [2.75, 3.05) is 11.9 Å². The Hall–Kier alpha value is -1.55. The zero-order valence-corrected chi connectivity index (χ0v) is 14.5. The van der Waals surface area contributed by atoms with Crippen LogP contribution >= 0.6 is 0 Å². The lowest BCUT2D eigenvalue weighted by molar-refractivity contribution is 0.0636. The SMILES string of the molecule is Cc1ccc([C@@H]2[C@@H](CN)C2(C)C)cc1NC(=O)OC(C)(C)C. The van der Waals surface area contributed by atoms with Crippen molar-refractivity contribution in [3.05, 3.63) is 29.3 Å². The lowest BCUT2D eigenvalue weighted by Crippen LogP contribution is -2.27. The van der Waals surface area contributed by atoms with E-state index in [1.807, 2.05) is 33.8 Å². The van der Waals surface area contributed by atoms with E-state index in [9.17, 15) is 4.79 Å². The predicted octanol–water partition coefficient (Wildman–Crippen LogP) is 4.04. The van der Waals surface area contributed by atoms with Crippen molar-refractivity contribution in [1.29, 1.82) is 0 Å². The molecule has 0 aromatic heterocycles. The molecule has 1 aromatic rings. The van der Waals surface area contributed by atoms with Gasteiger partial charge in [0.2, 0.25) is 0 Å². The van der Waals surface area contributed by atoms with E-state index in [4.69, 9.17) is 10.5 Å². The van der Waals surface area contributed by atoms with Crippen LogP contribution in [0.25, 0.3) is 0 Å². The molecule has 4 heteroatoms. The van der Waals surface area contributed by atoms with Gasteiger partial charge in [-0.15, -0.1) is 0 Å². The molecule has 122 valence electrons. The second-order valence-electron chi connectivity index (χ2n) is 7.84. The van der Waals surface area contributed by atoms with E-state index in [1.165, 1.54) is 5.56 Å². The summed E-state index contributed by atoms with van der Waals surface area (Å²) >= 11 is 0. The minimum atomic E-state index is -0.501. The molecule has 2 atom stereocenters. The van der Waals surface area contributed by atoms with E-state index in [-0.39, 0.29) is 5.41 Å². The van der Waals surface area contributed by atoms with Crippen LogP contribution in [0.15, 0.2) is 18.2 Å².